The molecule has 0 aliphatic carbocycles. The molecular formula is C38H23N3O. The summed E-state index contributed by atoms with van der Waals surface area (Å²) in [6, 6.07) is 51.1. The second-order valence-corrected chi connectivity index (χ2v) is 10.0. The van der Waals surface area contributed by atoms with Gasteiger partial charge in [0.1, 0.15) is 23.3 Å². The molecule has 4 nitrogen and oxygen atoms in total. The average molecular weight is 538 g/mol. The lowest BCUT2D eigenvalue weighted by Gasteiger charge is -2.26. The Hall–Kier alpha value is -6.10. The fraction of sp³-hybridized carbons (Fsp3) is 0. The number of para-hydroxylation sites is 3. The Morgan fingerprint density at radius 1 is 0.476 bits per heavy atom. The van der Waals surface area contributed by atoms with Crippen LogP contribution in [-0.2, 0) is 0 Å². The van der Waals surface area contributed by atoms with Crippen molar-refractivity contribution in [1.29, 1.82) is 10.5 Å². The minimum atomic E-state index is 0.378. The van der Waals surface area contributed by atoms with Gasteiger partial charge in [-0.15, -0.1) is 0 Å². The molecule has 0 unspecified atom stereocenters. The van der Waals surface area contributed by atoms with E-state index in [9.17, 15) is 10.5 Å². The third-order valence-electron chi connectivity index (χ3n) is 7.57. The van der Waals surface area contributed by atoms with Gasteiger partial charge in [-0.1, -0.05) is 84.9 Å². The normalized spacial score (nSPS) is 10.8. The lowest BCUT2D eigenvalue weighted by Crippen LogP contribution is -2.09. The van der Waals surface area contributed by atoms with E-state index in [2.05, 4.69) is 89.8 Å². The molecule has 0 fully saturated rings. The van der Waals surface area contributed by atoms with Gasteiger partial charge in [-0.2, -0.15) is 10.5 Å². The third kappa shape index (κ3) is 4.34. The second-order valence-electron chi connectivity index (χ2n) is 10.0. The van der Waals surface area contributed by atoms with E-state index in [-0.39, 0.29) is 0 Å². The third-order valence-corrected chi connectivity index (χ3v) is 7.57. The number of hydrogen-bond donors (Lipinski definition) is 0. The summed E-state index contributed by atoms with van der Waals surface area (Å²) in [5.74, 6) is 0. The highest BCUT2D eigenvalue weighted by molar-refractivity contribution is 6.09. The zero-order valence-electron chi connectivity index (χ0n) is 22.5. The van der Waals surface area contributed by atoms with Crippen LogP contribution in [0, 0.1) is 22.7 Å². The standard InChI is InChI=1S/C38H23N3O/c39-24-29-14-13-28(23-30(29)25-40)26-15-19-32(20-16-26)41(31-7-2-1-3-8-31)33-21-17-27(18-22-33)34-10-6-11-36-35-9-4-5-12-37(35)42-38(34)36/h1-23H. The Morgan fingerprint density at radius 3 is 1.79 bits per heavy atom. The maximum absolute atomic E-state index is 9.45. The van der Waals surface area contributed by atoms with Gasteiger partial charge in [0.15, 0.2) is 0 Å². The number of nitriles is 2. The Balaban J connectivity index is 1.26. The smallest absolute Gasteiger partial charge is 0.143 e. The van der Waals surface area contributed by atoms with E-state index < -0.39 is 0 Å². The van der Waals surface area contributed by atoms with E-state index in [0.29, 0.717) is 11.1 Å². The molecule has 0 saturated carbocycles. The number of fused-ring (bicyclic) bond motifs is 3. The van der Waals surface area contributed by atoms with Crippen molar-refractivity contribution in [2.24, 2.45) is 0 Å². The van der Waals surface area contributed by atoms with Gasteiger partial charge in [0.25, 0.3) is 0 Å². The summed E-state index contributed by atoms with van der Waals surface area (Å²) in [6.45, 7) is 0. The topological polar surface area (TPSA) is 64.0 Å². The first kappa shape index (κ1) is 24.9. The van der Waals surface area contributed by atoms with Gasteiger partial charge in [-0.3, -0.25) is 0 Å². The number of hydrogen-bond acceptors (Lipinski definition) is 4. The van der Waals surface area contributed by atoms with Gasteiger partial charge < -0.3 is 9.32 Å². The number of benzene rings is 6. The Labute approximate surface area is 243 Å². The van der Waals surface area contributed by atoms with Crippen LogP contribution >= 0.6 is 0 Å². The van der Waals surface area contributed by atoms with E-state index in [1.807, 2.05) is 54.6 Å². The number of rotatable bonds is 5. The molecule has 1 aromatic heterocycles. The monoisotopic (exact) mass is 537 g/mol. The SMILES string of the molecule is N#Cc1ccc(-c2ccc(N(c3ccccc3)c3ccc(-c4cccc5c4oc4ccccc45)cc3)cc2)cc1C#N. The lowest BCUT2D eigenvalue weighted by molar-refractivity contribution is 0.670. The van der Waals surface area contributed by atoms with Gasteiger partial charge in [0, 0.05) is 33.4 Å². The molecule has 0 bridgehead atoms. The molecule has 0 aliphatic rings. The van der Waals surface area contributed by atoms with Crippen LogP contribution in [0.25, 0.3) is 44.2 Å². The molecule has 0 spiro atoms. The summed E-state index contributed by atoms with van der Waals surface area (Å²) < 4.78 is 6.29. The highest BCUT2D eigenvalue weighted by Gasteiger charge is 2.15. The van der Waals surface area contributed by atoms with Gasteiger partial charge in [0.2, 0.25) is 0 Å². The van der Waals surface area contributed by atoms with Crippen molar-refractivity contribution in [3.05, 3.63) is 151 Å². The maximum atomic E-state index is 9.45. The lowest BCUT2D eigenvalue weighted by atomic mass is 9.99. The van der Waals surface area contributed by atoms with Crippen molar-refractivity contribution in [3.63, 3.8) is 0 Å². The molecule has 7 rings (SSSR count). The van der Waals surface area contributed by atoms with Crippen molar-refractivity contribution >= 4 is 39.0 Å². The number of furan rings is 1. The Kier molecular flexibility index (Phi) is 6.21. The summed E-state index contributed by atoms with van der Waals surface area (Å²) >= 11 is 0. The van der Waals surface area contributed by atoms with Gasteiger partial charge in [-0.05, 0) is 71.3 Å². The van der Waals surface area contributed by atoms with E-state index >= 15 is 0 Å². The zero-order chi connectivity index (χ0) is 28.5. The molecule has 4 heteroatoms. The molecule has 0 aliphatic heterocycles. The van der Waals surface area contributed by atoms with E-state index in [0.717, 1.165) is 61.3 Å². The summed E-state index contributed by atoms with van der Waals surface area (Å²) in [4.78, 5) is 2.22. The zero-order valence-corrected chi connectivity index (χ0v) is 22.5. The van der Waals surface area contributed by atoms with Crippen molar-refractivity contribution in [3.8, 4) is 34.4 Å². The average Bonchev–Trinajstić information content (AvgIpc) is 3.45. The summed E-state index contributed by atoms with van der Waals surface area (Å²) in [5.41, 5.74) is 9.63. The van der Waals surface area contributed by atoms with Crippen LogP contribution in [0.3, 0.4) is 0 Å². The molecule has 0 atom stereocenters. The molecule has 1 heterocycles. The fourth-order valence-corrected chi connectivity index (χ4v) is 5.51. The molecule has 0 radical (unpaired) electrons. The van der Waals surface area contributed by atoms with Crippen molar-refractivity contribution in [2.75, 3.05) is 4.90 Å². The van der Waals surface area contributed by atoms with E-state index in [1.54, 1.807) is 12.1 Å². The van der Waals surface area contributed by atoms with Crippen LogP contribution in [0.5, 0.6) is 0 Å². The van der Waals surface area contributed by atoms with Crippen LogP contribution in [0.2, 0.25) is 0 Å². The summed E-state index contributed by atoms with van der Waals surface area (Å²) in [6.07, 6.45) is 0. The number of nitrogens with zero attached hydrogens (tertiary/aromatic N) is 3. The predicted molar refractivity (Wildman–Crippen MR) is 169 cm³/mol. The van der Waals surface area contributed by atoms with E-state index in [1.165, 1.54) is 0 Å². The van der Waals surface area contributed by atoms with Crippen LogP contribution in [0.4, 0.5) is 17.1 Å². The summed E-state index contributed by atoms with van der Waals surface area (Å²) in [7, 11) is 0. The highest BCUT2D eigenvalue weighted by Crippen LogP contribution is 2.39. The van der Waals surface area contributed by atoms with Crippen LogP contribution < -0.4 is 4.90 Å². The molecule has 0 N–H and O–H groups in total. The molecule has 196 valence electrons. The second kappa shape index (κ2) is 10.5. The molecule has 42 heavy (non-hydrogen) atoms. The first-order valence-corrected chi connectivity index (χ1v) is 13.6. The number of anilines is 3. The van der Waals surface area contributed by atoms with Crippen LogP contribution in [-0.4, -0.2) is 0 Å². The maximum Gasteiger partial charge on any atom is 0.143 e. The largest absolute Gasteiger partial charge is 0.455 e. The van der Waals surface area contributed by atoms with Crippen LogP contribution in [0.15, 0.2) is 144 Å². The Bertz CT molecular complexity index is 2150. The molecule has 7 aromatic rings. The predicted octanol–water partition coefficient (Wildman–Crippen LogP) is 10.1. The van der Waals surface area contributed by atoms with Crippen LogP contribution in [0.1, 0.15) is 11.1 Å². The van der Waals surface area contributed by atoms with Gasteiger partial charge in [-0.25, -0.2) is 0 Å². The van der Waals surface area contributed by atoms with Gasteiger partial charge in [0.05, 0.1) is 11.1 Å². The van der Waals surface area contributed by atoms with Crippen molar-refractivity contribution < 1.29 is 4.42 Å². The highest BCUT2D eigenvalue weighted by atomic mass is 16.3. The minimum Gasteiger partial charge on any atom is -0.455 e. The quantitative estimate of drug-likeness (QED) is 0.219. The molecule has 6 aromatic carbocycles. The van der Waals surface area contributed by atoms with Gasteiger partial charge >= 0.3 is 0 Å². The first-order chi connectivity index (χ1) is 20.7. The molecule has 0 saturated heterocycles. The molecule has 0 amide bonds. The molecular weight excluding hydrogens is 514 g/mol. The fourth-order valence-electron chi connectivity index (χ4n) is 5.51. The first-order valence-electron chi connectivity index (χ1n) is 13.6. The minimum absolute atomic E-state index is 0.378. The van der Waals surface area contributed by atoms with Crippen molar-refractivity contribution in [2.45, 2.75) is 0 Å². The van der Waals surface area contributed by atoms with E-state index in [4.69, 9.17) is 4.42 Å². The summed E-state index contributed by atoms with van der Waals surface area (Å²) in [5, 5.41) is 21.0. The Morgan fingerprint density at radius 2 is 1.07 bits per heavy atom. The van der Waals surface area contributed by atoms with Crippen molar-refractivity contribution in [1.82, 2.24) is 0 Å².